The second kappa shape index (κ2) is 7.83. The van der Waals surface area contributed by atoms with E-state index < -0.39 is 31.3 Å². The number of hydrogen-bond acceptors (Lipinski definition) is 5. The smallest absolute Gasteiger partial charge is 0.323 e. The number of nitrogens with one attached hydrogen (secondary N) is 1. The van der Waals surface area contributed by atoms with Crippen molar-refractivity contribution in [3.05, 3.63) is 70.3 Å². The summed E-state index contributed by atoms with van der Waals surface area (Å²) in [5, 5.41) is 13.1. The van der Waals surface area contributed by atoms with Crippen molar-refractivity contribution in [2.75, 3.05) is 5.32 Å². The Labute approximate surface area is 147 Å². The van der Waals surface area contributed by atoms with E-state index in [0.717, 1.165) is 18.2 Å². The van der Waals surface area contributed by atoms with Crippen molar-refractivity contribution < 1.29 is 26.9 Å². The highest BCUT2D eigenvalue weighted by Gasteiger charge is 2.26. The average molecular weight is 382 g/mol. The fourth-order valence-corrected chi connectivity index (χ4v) is 2.65. The van der Waals surface area contributed by atoms with E-state index in [9.17, 15) is 32.1 Å². The van der Waals surface area contributed by atoms with E-state index >= 15 is 0 Å². The number of non-ortho nitro benzene ring substituents is 1. The number of amides is 1. The Balaban J connectivity index is 2.06. The normalized spacial score (nSPS) is 11.7. The predicted molar refractivity (Wildman–Crippen MR) is 90.4 cm³/mol. The lowest BCUT2D eigenvalue weighted by Gasteiger charge is -2.05. The first kappa shape index (κ1) is 19.2. The summed E-state index contributed by atoms with van der Waals surface area (Å²) in [7, 11) is -4.69. The molecule has 2 aromatic carbocycles. The zero-order valence-electron chi connectivity index (χ0n) is 13.0. The summed E-state index contributed by atoms with van der Waals surface area (Å²) in [6.45, 7) is 0. The van der Waals surface area contributed by atoms with Crippen LogP contribution in [0, 0.1) is 10.1 Å². The van der Waals surface area contributed by atoms with E-state index in [-0.39, 0.29) is 11.4 Å². The molecule has 0 radical (unpaired) electrons. The number of nitro groups is 1. The number of rotatable bonds is 6. The van der Waals surface area contributed by atoms with Gasteiger partial charge in [-0.15, -0.1) is 0 Å². The summed E-state index contributed by atoms with van der Waals surface area (Å²) in [5.41, 5.74) is 0.517. The molecule has 0 aliphatic carbocycles. The van der Waals surface area contributed by atoms with E-state index in [2.05, 4.69) is 5.32 Å². The monoisotopic (exact) mass is 382 g/mol. The van der Waals surface area contributed by atoms with Gasteiger partial charge in [0.05, 0.1) is 9.82 Å². The van der Waals surface area contributed by atoms with Crippen LogP contribution in [0.4, 0.5) is 20.2 Å². The van der Waals surface area contributed by atoms with Crippen molar-refractivity contribution in [2.24, 2.45) is 0 Å². The minimum Gasteiger partial charge on any atom is -0.323 e. The van der Waals surface area contributed by atoms with Crippen molar-refractivity contribution in [1.29, 1.82) is 0 Å². The van der Waals surface area contributed by atoms with Crippen LogP contribution in [0.1, 0.15) is 5.56 Å². The van der Waals surface area contributed by atoms with E-state index in [1.54, 1.807) is 6.07 Å². The maximum atomic E-state index is 12.4. The van der Waals surface area contributed by atoms with Crippen molar-refractivity contribution in [1.82, 2.24) is 0 Å². The standard InChI is InChI=1S/C16H12F2N2O5S/c17-16(18)26(24,25)14-7-5-12(6-8-14)19-15(21)9-4-11-2-1-3-13(10-11)20(22)23/h1-10,16H,(H,19,21)/b9-4+. The molecule has 136 valence electrons. The Kier molecular flexibility index (Phi) is 5.78. The molecule has 0 unspecified atom stereocenters. The molecule has 26 heavy (non-hydrogen) atoms. The van der Waals surface area contributed by atoms with Crippen molar-refractivity contribution in [2.45, 2.75) is 10.7 Å². The number of alkyl halides is 2. The second-order valence-electron chi connectivity index (χ2n) is 5.00. The Morgan fingerprint density at radius 2 is 1.81 bits per heavy atom. The minimum atomic E-state index is -4.69. The summed E-state index contributed by atoms with van der Waals surface area (Å²) in [6, 6.07) is 9.91. The molecule has 0 atom stereocenters. The van der Waals surface area contributed by atoms with Crippen LogP contribution in [0.2, 0.25) is 0 Å². The highest BCUT2D eigenvalue weighted by atomic mass is 32.2. The highest BCUT2D eigenvalue weighted by molar-refractivity contribution is 7.91. The van der Waals surface area contributed by atoms with Gasteiger partial charge in [-0.25, -0.2) is 8.42 Å². The highest BCUT2D eigenvalue weighted by Crippen LogP contribution is 2.20. The summed E-state index contributed by atoms with van der Waals surface area (Å²) < 4.78 is 47.5. The fraction of sp³-hybridized carbons (Fsp3) is 0.0625. The number of nitrogens with zero attached hydrogens (tertiary/aromatic N) is 1. The molecule has 0 spiro atoms. The first-order chi connectivity index (χ1) is 12.2. The molecule has 1 amide bonds. The Morgan fingerprint density at radius 1 is 1.15 bits per heavy atom. The first-order valence-corrected chi connectivity index (χ1v) is 8.60. The maximum Gasteiger partial charge on any atom is 0.341 e. The molecule has 2 rings (SSSR count). The zero-order chi connectivity index (χ0) is 19.3. The summed E-state index contributed by atoms with van der Waals surface area (Å²) in [6.07, 6.45) is 2.49. The number of hydrogen-bond donors (Lipinski definition) is 1. The molecule has 0 heterocycles. The minimum absolute atomic E-state index is 0.122. The van der Waals surface area contributed by atoms with Crippen LogP contribution in [-0.4, -0.2) is 25.0 Å². The number of carbonyl (C=O) groups is 1. The van der Waals surface area contributed by atoms with Gasteiger partial charge in [0.15, 0.2) is 0 Å². The van der Waals surface area contributed by atoms with Gasteiger partial charge in [-0.3, -0.25) is 14.9 Å². The first-order valence-electron chi connectivity index (χ1n) is 7.06. The van der Waals surface area contributed by atoms with Crippen LogP contribution in [-0.2, 0) is 14.6 Å². The third-order valence-corrected chi connectivity index (χ3v) is 4.59. The largest absolute Gasteiger partial charge is 0.341 e. The number of sulfone groups is 1. The lowest BCUT2D eigenvalue weighted by Crippen LogP contribution is -2.12. The number of halogens is 2. The number of anilines is 1. The Hall–Kier alpha value is -3.14. The average Bonchev–Trinajstić information content (AvgIpc) is 2.60. The van der Waals surface area contributed by atoms with Gasteiger partial charge < -0.3 is 5.32 Å². The van der Waals surface area contributed by atoms with Gasteiger partial charge in [0.1, 0.15) is 0 Å². The molecular weight excluding hydrogens is 370 g/mol. The molecule has 7 nitrogen and oxygen atoms in total. The van der Waals surface area contributed by atoms with Crippen molar-refractivity contribution in [3.8, 4) is 0 Å². The summed E-state index contributed by atoms with van der Waals surface area (Å²) >= 11 is 0. The molecule has 2 aromatic rings. The van der Waals surface area contributed by atoms with Gasteiger partial charge in [-0.2, -0.15) is 8.78 Å². The van der Waals surface area contributed by atoms with Crippen molar-refractivity contribution in [3.63, 3.8) is 0 Å². The lowest BCUT2D eigenvalue weighted by atomic mass is 10.2. The van der Waals surface area contributed by atoms with Gasteiger partial charge in [-0.05, 0) is 35.9 Å². The maximum absolute atomic E-state index is 12.4. The molecule has 0 bridgehead atoms. The third-order valence-electron chi connectivity index (χ3n) is 3.19. The fourth-order valence-electron chi connectivity index (χ4n) is 1.93. The van der Waals surface area contributed by atoms with Gasteiger partial charge >= 0.3 is 5.76 Å². The van der Waals surface area contributed by atoms with E-state index in [4.69, 9.17) is 0 Å². The second-order valence-corrected chi connectivity index (χ2v) is 6.92. The number of carbonyl (C=O) groups excluding carboxylic acids is 1. The van der Waals surface area contributed by atoms with Crippen LogP contribution < -0.4 is 5.32 Å². The van der Waals surface area contributed by atoms with Gasteiger partial charge in [0.2, 0.25) is 15.7 Å². The summed E-state index contributed by atoms with van der Waals surface area (Å²) in [5.74, 6) is -4.11. The van der Waals surface area contributed by atoms with Gasteiger partial charge in [-0.1, -0.05) is 12.1 Å². The van der Waals surface area contributed by atoms with Crippen LogP contribution in [0.25, 0.3) is 6.08 Å². The topological polar surface area (TPSA) is 106 Å². The molecule has 0 fully saturated rings. The molecule has 0 saturated carbocycles. The van der Waals surface area contributed by atoms with Crippen LogP contribution in [0.3, 0.4) is 0 Å². The zero-order valence-corrected chi connectivity index (χ0v) is 13.8. The lowest BCUT2D eigenvalue weighted by molar-refractivity contribution is -0.384. The van der Waals surface area contributed by atoms with Crippen LogP contribution in [0.5, 0.6) is 0 Å². The van der Waals surface area contributed by atoms with Crippen LogP contribution >= 0.6 is 0 Å². The third kappa shape index (κ3) is 4.70. The predicted octanol–water partition coefficient (Wildman–Crippen LogP) is 3.24. The molecular formula is C16H12F2N2O5S. The Bertz CT molecular complexity index is 957. The molecule has 0 aliphatic heterocycles. The van der Waals surface area contributed by atoms with E-state index in [0.29, 0.717) is 5.56 Å². The molecule has 10 heteroatoms. The van der Waals surface area contributed by atoms with Gasteiger partial charge in [0.25, 0.3) is 5.69 Å². The SMILES string of the molecule is O=C(/C=C/c1cccc([N+](=O)[O-])c1)Nc1ccc(S(=O)(=O)C(F)F)cc1. The number of nitro benzene ring substituents is 1. The van der Waals surface area contributed by atoms with Crippen LogP contribution in [0.15, 0.2) is 59.5 Å². The Morgan fingerprint density at radius 3 is 2.38 bits per heavy atom. The molecule has 0 aromatic heterocycles. The molecule has 0 aliphatic rings. The quantitative estimate of drug-likeness (QED) is 0.469. The van der Waals surface area contributed by atoms with E-state index in [1.165, 1.54) is 36.4 Å². The summed E-state index contributed by atoms with van der Waals surface area (Å²) in [4.78, 5) is 21.4. The van der Waals surface area contributed by atoms with E-state index in [1.807, 2.05) is 0 Å². The molecule has 0 saturated heterocycles. The van der Waals surface area contributed by atoms with Gasteiger partial charge in [0, 0.05) is 23.9 Å². The van der Waals surface area contributed by atoms with Crippen molar-refractivity contribution >= 4 is 33.2 Å². The molecule has 1 N–H and O–H groups in total. The number of benzene rings is 2.